The Morgan fingerprint density at radius 2 is 1.87 bits per heavy atom. The summed E-state index contributed by atoms with van der Waals surface area (Å²) in [6, 6.07) is 11.2. The van der Waals surface area contributed by atoms with E-state index < -0.39 is 12.3 Å². The number of hydrogen-bond donors (Lipinski definition) is 2. The molecule has 1 heterocycles. The van der Waals surface area contributed by atoms with Crippen LogP contribution < -0.4 is 14.8 Å². The van der Waals surface area contributed by atoms with Crippen LogP contribution >= 0.6 is 0 Å². The first-order valence-electron chi connectivity index (χ1n) is 12.8. The van der Waals surface area contributed by atoms with Crippen LogP contribution in [0.25, 0.3) is 11.0 Å². The van der Waals surface area contributed by atoms with Gasteiger partial charge >= 0.3 is 12.3 Å². The zero-order chi connectivity index (χ0) is 27.5. The molecule has 206 valence electrons. The Labute approximate surface area is 220 Å². The summed E-state index contributed by atoms with van der Waals surface area (Å²) in [7, 11) is 0. The standard InChI is InChI=1S/C28H34F3N3O4/c1-18-13-19(16-27(2,3)15-18)17-34-24-11-10-22(37-12-4-5-25(35)36)14-23(24)33-26(34)32-20-6-8-21(9-7-20)38-28(29,30)31/h6-11,14,18-19H,4-5,12-13,15-17H2,1-3H3,(H,32,33)(H,35,36)/t18-,19?/m0/s1. The van der Waals surface area contributed by atoms with Gasteiger partial charge in [0, 0.05) is 24.7 Å². The average Bonchev–Trinajstić information content (AvgIpc) is 3.11. The average molecular weight is 534 g/mol. The smallest absolute Gasteiger partial charge is 0.494 e. The van der Waals surface area contributed by atoms with Gasteiger partial charge in [-0.15, -0.1) is 13.2 Å². The number of carboxylic acid groups (broad SMARTS) is 1. The molecule has 2 aromatic carbocycles. The third-order valence-corrected chi connectivity index (χ3v) is 6.79. The van der Waals surface area contributed by atoms with Crippen LogP contribution in [0, 0.1) is 17.3 Å². The summed E-state index contributed by atoms with van der Waals surface area (Å²) in [5.74, 6) is 1.09. The van der Waals surface area contributed by atoms with Crippen LogP contribution in [-0.2, 0) is 11.3 Å². The number of anilines is 2. The van der Waals surface area contributed by atoms with Gasteiger partial charge in [0.1, 0.15) is 11.5 Å². The lowest BCUT2D eigenvalue weighted by atomic mass is 9.68. The monoisotopic (exact) mass is 533 g/mol. The Morgan fingerprint density at radius 1 is 1.16 bits per heavy atom. The van der Waals surface area contributed by atoms with Gasteiger partial charge in [-0.05, 0) is 79.3 Å². The topological polar surface area (TPSA) is 85.6 Å². The van der Waals surface area contributed by atoms with E-state index in [4.69, 9.17) is 14.8 Å². The summed E-state index contributed by atoms with van der Waals surface area (Å²) in [6.07, 6.45) is -0.927. The van der Waals surface area contributed by atoms with E-state index in [-0.39, 0.29) is 24.2 Å². The Balaban J connectivity index is 1.60. The van der Waals surface area contributed by atoms with Crippen LogP contribution in [0.2, 0.25) is 0 Å². The summed E-state index contributed by atoms with van der Waals surface area (Å²) in [5.41, 5.74) is 2.46. The third-order valence-electron chi connectivity index (χ3n) is 6.79. The van der Waals surface area contributed by atoms with Crippen molar-refractivity contribution in [2.75, 3.05) is 11.9 Å². The first kappa shape index (κ1) is 27.6. The second-order valence-corrected chi connectivity index (χ2v) is 11.0. The summed E-state index contributed by atoms with van der Waals surface area (Å²) in [6.45, 7) is 7.93. The number of halogens is 3. The molecule has 10 heteroatoms. The number of benzene rings is 2. The first-order valence-corrected chi connectivity index (χ1v) is 12.8. The Kier molecular flexibility index (Phi) is 8.08. The van der Waals surface area contributed by atoms with E-state index in [2.05, 4.69) is 35.4 Å². The van der Waals surface area contributed by atoms with Crippen molar-refractivity contribution in [1.29, 1.82) is 0 Å². The van der Waals surface area contributed by atoms with Gasteiger partial charge in [0.15, 0.2) is 0 Å². The molecule has 1 saturated carbocycles. The maximum atomic E-state index is 12.5. The van der Waals surface area contributed by atoms with Crippen molar-refractivity contribution >= 4 is 28.6 Å². The van der Waals surface area contributed by atoms with E-state index in [1.54, 1.807) is 0 Å². The van der Waals surface area contributed by atoms with Gasteiger partial charge in [0.2, 0.25) is 5.95 Å². The fourth-order valence-electron chi connectivity index (χ4n) is 5.70. The summed E-state index contributed by atoms with van der Waals surface area (Å²) >= 11 is 0. The number of carbonyl (C=O) groups is 1. The highest BCUT2D eigenvalue weighted by Gasteiger charge is 2.33. The molecule has 0 aliphatic heterocycles. The molecule has 2 N–H and O–H groups in total. The zero-order valence-corrected chi connectivity index (χ0v) is 21.8. The zero-order valence-electron chi connectivity index (χ0n) is 21.8. The van der Waals surface area contributed by atoms with Gasteiger partial charge in [-0.2, -0.15) is 0 Å². The van der Waals surface area contributed by atoms with Crippen LogP contribution in [0.5, 0.6) is 11.5 Å². The summed E-state index contributed by atoms with van der Waals surface area (Å²) in [4.78, 5) is 15.5. The molecular formula is C28H34F3N3O4. The number of imidazole rings is 1. The predicted octanol–water partition coefficient (Wildman–Crippen LogP) is 7.38. The predicted molar refractivity (Wildman–Crippen MR) is 139 cm³/mol. The molecule has 38 heavy (non-hydrogen) atoms. The molecule has 1 aliphatic rings. The number of aliphatic carboxylic acids is 1. The second kappa shape index (κ2) is 11.1. The molecule has 1 aliphatic carbocycles. The normalized spacial score (nSPS) is 19.3. The van der Waals surface area contributed by atoms with E-state index in [1.165, 1.54) is 30.7 Å². The fraction of sp³-hybridized carbons (Fsp3) is 0.500. The maximum absolute atomic E-state index is 12.5. The molecule has 2 atom stereocenters. The van der Waals surface area contributed by atoms with Crippen molar-refractivity contribution in [3.8, 4) is 11.5 Å². The SMILES string of the molecule is C[C@H]1CC(Cn2c(Nc3ccc(OC(F)(F)F)cc3)nc3cc(OCCCC(=O)O)ccc32)CC(C)(C)C1. The molecule has 1 fully saturated rings. The molecule has 3 aromatic rings. The minimum atomic E-state index is -4.75. The molecule has 0 bridgehead atoms. The largest absolute Gasteiger partial charge is 0.573 e. The highest BCUT2D eigenvalue weighted by atomic mass is 19.4. The molecule has 1 unspecified atom stereocenters. The van der Waals surface area contributed by atoms with Crippen molar-refractivity contribution < 1.29 is 32.5 Å². The lowest BCUT2D eigenvalue weighted by molar-refractivity contribution is -0.274. The minimum absolute atomic E-state index is 0.0356. The molecule has 1 aromatic heterocycles. The molecule has 0 spiro atoms. The first-order chi connectivity index (χ1) is 17.9. The highest BCUT2D eigenvalue weighted by Crippen LogP contribution is 2.43. The Hall–Kier alpha value is -3.43. The molecule has 0 radical (unpaired) electrons. The summed E-state index contributed by atoms with van der Waals surface area (Å²) < 4.78 is 49.5. The van der Waals surface area contributed by atoms with Crippen molar-refractivity contribution in [3.05, 3.63) is 42.5 Å². The van der Waals surface area contributed by atoms with E-state index in [1.807, 2.05) is 18.2 Å². The lowest BCUT2D eigenvalue weighted by Gasteiger charge is -2.39. The van der Waals surface area contributed by atoms with E-state index >= 15 is 0 Å². The number of hydrogen-bond acceptors (Lipinski definition) is 5. The van der Waals surface area contributed by atoms with Gasteiger partial charge in [-0.1, -0.05) is 20.8 Å². The number of ether oxygens (including phenoxy) is 2. The molecule has 0 amide bonds. The lowest BCUT2D eigenvalue weighted by Crippen LogP contribution is -2.30. The Morgan fingerprint density at radius 3 is 2.53 bits per heavy atom. The number of rotatable bonds is 10. The van der Waals surface area contributed by atoms with Crippen LogP contribution in [0.15, 0.2) is 42.5 Å². The van der Waals surface area contributed by atoms with Crippen molar-refractivity contribution in [1.82, 2.24) is 9.55 Å². The maximum Gasteiger partial charge on any atom is 0.573 e. The van der Waals surface area contributed by atoms with Crippen LogP contribution in [0.1, 0.15) is 52.9 Å². The second-order valence-electron chi connectivity index (χ2n) is 11.0. The quantitative estimate of drug-likeness (QED) is 0.265. The van der Waals surface area contributed by atoms with Crippen LogP contribution in [-0.4, -0.2) is 33.6 Å². The Bertz CT molecular complexity index is 1250. The van der Waals surface area contributed by atoms with Gasteiger partial charge < -0.3 is 24.5 Å². The van der Waals surface area contributed by atoms with Crippen molar-refractivity contribution in [2.24, 2.45) is 17.3 Å². The van der Waals surface area contributed by atoms with Crippen molar-refractivity contribution in [3.63, 3.8) is 0 Å². The van der Waals surface area contributed by atoms with Crippen LogP contribution in [0.4, 0.5) is 24.8 Å². The fourth-order valence-corrected chi connectivity index (χ4v) is 5.70. The highest BCUT2D eigenvalue weighted by molar-refractivity contribution is 5.81. The van der Waals surface area contributed by atoms with Crippen molar-refractivity contribution in [2.45, 2.75) is 65.8 Å². The number of alkyl halides is 3. The molecule has 0 saturated heterocycles. The number of fused-ring (bicyclic) bond motifs is 1. The third kappa shape index (κ3) is 7.55. The minimum Gasteiger partial charge on any atom is -0.494 e. The number of nitrogens with one attached hydrogen (secondary N) is 1. The van der Waals surface area contributed by atoms with Gasteiger partial charge in [0.25, 0.3) is 0 Å². The van der Waals surface area contributed by atoms with Gasteiger partial charge in [-0.25, -0.2) is 4.98 Å². The van der Waals surface area contributed by atoms with Crippen LogP contribution in [0.3, 0.4) is 0 Å². The number of carboxylic acids is 1. The number of aromatic nitrogens is 2. The van der Waals surface area contributed by atoms with E-state index in [9.17, 15) is 18.0 Å². The molecular weight excluding hydrogens is 499 g/mol. The number of nitrogens with zero attached hydrogens (tertiary/aromatic N) is 2. The van der Waals surface area contributed by atoms with Gasteiger partial charge in [0.05, 0.1) is 17.6 Å². The molecule has 7 nitrogen and oxygen atoms in total. The van der Waals surface area contributed by atoms with Gasteiger partial charge in [-0.3, -0.25) is 4.79 Å². The molecule has 4 rings (SSSR count). The van der Waals surface area contributed by atoms with E-state index in [0.29, 0.717) is 41.2 Å². The summed E-state index contributed by atoms with van der Waals surface area (Å²) in [5, 5.41) is 12.1. The van der Waals surface area contributed by atoms with E-state index in [0.717, 1.165) is 24.9 Å².